The number of nitrogens with zero attached hydrogens (tertiary/aromatic N) is 5. The SMILES string of the molecule is CC(C)=N/N=c1/scc(-c2ccccc2)n1-c1c(C)n(C)n(-c2ccccc2)c1=O. The highest BCUT2D eigenvalue weighted by atomic mass is 32.1. The lowest BCUT2D eigenvalue weighted by atomic mass is 10.1. The Morgan fingerprint density at radius 3 is 2.23 bits per heavy atom. The zero-order valence-corrected chi connectivity index (χ0v) is 18.2. The quantitative estimate of drug-likeness (QED) is 0.361. The van der Waals surface area contributed by atoms with E-state index in [1.807, 2.05) is 103 Å². The highest BCUT2D eigenvalue weighted by molar-refractivity contribution is 7.07. The molecule has 0 bridgehead atoms. The first-order valence-electron chi connectivity index (χ1n) is 9.64. The summed E-state index contributed by atoms with van der Waals surface area (Å²) in [6.07, 6.45) is 0. The Morgan fingerprint density at radius 1 is 0.967 bits per heavy atom. The first-order chi connectivity index (χ1) is 14.5. The van der Waals surface area contributed by atoms with Crippen LogP contribution in [0.15, 0.2) is 81.0 Å². The molecule has 0 unspecified atom stereocenters. The topological polar surface area (TPSA) is 56.6 Å². The molecule has 0 fully saturated rings. The summed E-state index contributed by atoms with van der Waals surface area (Å²) in [6.45, 7) is 5.75. The van der Waals surface area contributed by atoms with Crippen LogP contribution in [0.2, 0.25) is 0 Å². The Hall–Kier alpha value is -3.45. The molecule has 2 heterocycles. The van der Waals surface area contributed by atoms with Crippen molar-refractivity contribution in [2.75, 3.05) is 0 Å². The second kappa shape index (κ2) is 8.12. The molecule has 30 heavy (non-hydrogen) atoms. The van der Waals surface area contributed by atoms with E-state index in [9.17, 15) is 4.79 Å². The second-order valence-electron chi connectivity index (χ2n) is 7.16. The van der Waals surface area contributed by atoms with Gasteiger partial charge in [0.15, 0.2) is 0 Å². The second-order valence-corrected chi connectivity index (χ2v) is 8.00. The van der Waals surface area contributed by atoms with Crippen molar-refractivity contribution < 1.29 is 0 Å². The minimum absolute atomic E-state index is 0.101. The van der Waals surface area contributed by atoms with Crippen LogP contribution in [0.5, 0.6) is 0 Å². The van der Waals surface area contributed by atoms with Crippen molar-refractivity contribution in [3.05, 3.63) is 86.9 Å². The fourth-order valence-corrected chi connectivity index (χ4v) is 4.20. The summed E-state index contributed by atoms with van der Waals surface area (Å²) in [5.41, 5.74) is 4.91. The van der Waals surface area contributed by atoms with Crippen molar-refractivity contribution in [1.29, 1.82) is 0 Å². The summed E-state index contributed by atoms with van der Waals surface area (Å²) in [5.74, 6) is 0. The van der Waals surface area contributed by atoms with E-state index in [4.69, 9.17) is 0 Å². The van der Waals surface area contributed by atoms with E-state index >= 15 is 0 Å². The normalized spacial score (nSPS) is 11.7. The average molecular weight is 418 g/mol. The Labute approximate surface area is 178 Å². The molecule has 152 valence electrons. The monoisotopic (exact) mass is 417 g/mol. The molecule has 2 aromatic carbocycles. The predicted octanol–water partition coefficient (Wildman–Crippen LogP) is 4.30. The molecule has 0 radical (unpaired) electrons. The Morgan fingerprint density at radius 2 is 1.60 bits per heavy atom. The molecule has 6 nitrogen and oxygen atoms in total. The lowest BCUT2D eigenvalue weighted by Crippen LogP contribution is -2.24. The molecule has 0 saturated heterocycles. The van der Waals surface area contributed by atoms with Crippen LogP contribution in [-0.4, -0.2) is 19.6 Å². The Balaban J connectivity index is 2.06. The number of aromatic nitrogens is 3. The van der Waals surface area contributed by atoms with Gasteiger partial charge in [-0.25, -0.2) is 4.68 Å². The number of benzene rings is 2. The third-order valence-corrected chi connectivity index (χ3v) is 5.68. The minimum atomic E-state index is -0.101. The fourth-order valence-electron chi connectivity index (χ4n) is 3.36. The molecule has 0 N–H and O–H groups in total. The zero-order valence-electron chi connectivity index (χ0n) is 17.4. The third-order valence-electron chi connectivity index (χ3n) is 4.86. The maximum atomic E-state index is 13.6. The van der Waals surface area contributed by atoms with Crippen LogP contribution >= 0.6 is 11.3 Å². The molecule has 0 atom stereocenters. The first kappa shape index (κ1) is 19.8. The van der Waals surface area contributed by atoms with E-state index in [0.717, 1.165) is 28.4 Å². The summed E-state index contributed by atoms with van der Waals surface area (Å²) in [4.78, 5) is 14.3. The van der Waals surface area contributed by atoms with E-state index in [-0.39, 0.29) is 5.56 Å². The lowest BCUT2D eigenvalue weighted by Gasteiger charge is -2.08. The number of para-hydroxylation sites is 1. The fraction of sp³-hybridized carbons (Fsp3) is 0.174. The molecule has 0 spiro atoms. The number of rotatable bonds is 4. The molecular formula is C23H23N5OS. The standard InChI is InChI=1S/C23H23N5OS/c1-16(2)24-25-23-27(20(15-30-23)18-11-7-5-8-12-18)21-17(3)26(4)28(22(21)29)19-13-9-6-10-14-19/h5-15H,1-4H3/b25-23+. The van der Waals surface area contributed by atoms with Gasteiger partial charge in [0.2, 0.25) is 4.80 Å². The smallest absolute Gasteiger partial charge is 0.283 e. The van der Waals surface area contributed by atoms with Crippen molar-refractivity contribution >= 4 is 17.0 Å². The van der Waals surface area contributed by atoms with Crippen molar-refractivity contribution in [2.24, 2.45) is 17.3 Å². The van der Waals surface area contributed by atoms with Crippen LogP contribution in [0.4, 0.5) is 0 Å². The summed E-state index contributed by atoms with van der Waals surface area (Å²) >= 11 is 1.47. The van der Waals surface area contributed by atoms with Gasteiger partial charge in [0.25, 0.3) is 5.56 Å². The molecule has 7 heteroatoms. The van der Waals surface area contributed by atoms with Crippen LogP contribution in [0.25, 0.3) is 22.6 Å². The average Bonchev–Trinajstić information content (AvgIpc) is 3.26. The highest BCUT2D eigenvalue weighted by Gasteiger charge is 2.21. The van der Waals surface area contributed by atoms with Gasteiger partial charge in [-0.15, -0.1) is 16.4 Å². The van der Waals surface area contributed by atoms with Crippen LogP contribution in [0, 0.1) is 6.92 Å². The van der Waals surface area contributed by atoms with Gasteiger partial charge in [-0.05, 0) is 38.5 Å². The lowest BCUT2D eigenvalue weighted by molar-refractivity contribution is 0.630. The molecule has 0 amide bonds. The molecule has 0 aliphatic heterocycles. The maximum absolute atomic E-state index is 13.6. The van der Waals surface area contributed by atoms with E-state index in [1.165, 1.54) is 11.3 Å². The number of hydrogen-bond acceptors (Lipinski definition) is 4. The van der Waals surface area contributed by atoms with Crippen molar-refractivity contribution in [2.45, 2.75) is 20.8 Å². The van der Waals surface area contributed by atoms with Gasteiger partial charge in [-0.3, -0.25) is 14.0 Å². The van der Waals surface area contributed by atoms with Crippen LogP contribution in [-0.2, 0) is 7.05 Å². The van der Waals surface area contributed by atoms with Gasteiger partial charge in [0.1, 0.15) is 5.69 Å². The molecule has 4 rings (SSSR count). The molecule has 0 aliphatic carbocycles. The Bertz CT molecular complexity index is 1330. The van der Waals surface area contributed by atoms with Gasteiger partial charge in [-0.1, -0.05) is 48.5 Å². The summed E-state index contributed by atoms with van der Waals surface area (Å²) in [6, 6.07) is 19.7. The maximum Gasteiger partial charge on any atom is 0.296 e. The number of thiazole rings is 1. The van der Waals surface area contributed by atoms with E-state index < -0.39 is 0 Å². The van der Waals surface area contributed by atoms with Crippen LogP contribution in [0.1, 0.15) is 19.5 Å². The number of hydrogen-bond donors (Lipinski definition) is 0. The van der Waals surface area contributed by atoms with Gasteiger partial charge in [-0.2, -0.15) is 5.10 Å². The van der Waals surface area contributed by atoms with E-state index in [1.54, 1.807) is 4.68 Å². The summed E-state index contributed by atoms with van der Waals surface area (Å²) in [5, 5.41) is 10.7. The first-order valence-corrected chi connectivity index (χ1v) is 10.5. The largest absolute Gasteiger partial charge is 0.296 e. The van der Waals surface area contributed by atoms with E-state index in [0.29, 0.717) is 10.5 Å². The van der Waals surface area contributed by atoms with Crippen molar-refractivity contribution in [3.63, 3.8) is 0 Å². The summed E-state index contributed by atoms with van der Waals surface area (Å²) < 4.78 is 5.48. The van der Waals surface area contributed by atoms with Gasteiger partial charge in [0, 0.05) is 18.1 Å². The molecule has 0 aliphatic rings. The minimum Gasteiger partial charge on any atom is -0.283 e. The third kappa shape index (κ3) is 3.48. The highest BCUT2D eigenvalue weighted by Crippen LogP contribution is 2.24. The molecule has 2 aromatic heterocycles. The van der Waals surface area contributed by atoms with Gasteiger partial charge >= 0.3 is 0 Å². The predicted molar refractivity (Wildman–Crippen MR) is 123 cm³/mol. The van der Waals surface area contributed by atoms with Crippen LogP contribution in [0.3, 0.4) is 0 Å². The van der Waals surface area contributed by atoms with Crippen molar-refractivity contribution in [3.8, 4) is 22.6 Å². The van der Waals surface area contributed by atoms with Crippen LogP contribution < -0.4 is 10.4 Å². The van der Waals surface area contributed by atoms with Crippen molar-refractivity contribution in [1.82, 2.24) is 13.9 Å². The van der Waals surface area contributed by atoms with Gasteiger partial charge < -0.3 is 0 Å². The molecular weight excluding hydrogens is 394 g/mol. The van der Waals surface area contributed by atoms with E-state index in [2.05, 4.69) is 10.2 Å². The zero-order chi connectivity index (χ0) is 21.3. The molecule has 4 aromatic rings. The summed E-state index contributed by atoms with van der Waals surface area (Å²) in [7, 11) is 1.90. The molecule has 0 saturated carbocycles. The van der Waals surface area contributed by atoms with Gasteiger partial charge in [0.05, 0.1) is 17.1 Å². The Kier molecular flexibility index (Phi) is 5.37.